The van der Waals surface area contributed by atoms with E-state index in [-0.39, 0.29) is 22.8 Å². The van der Waals surface area contributed by atoms with Gasteiger partial charge in [-0.05, 0) is 30.4 Å². The van der Waals surface area contributed by atoms with Gasteiger partial charge in [0.1, 0.15) is 0 Å². The minimum Gasteiger partial charge on any atom is -0.328 e. The zero-order valence-corrected chi connectivity index (χ0v) is 14.0. The largest absolute Gasteiger partial charge is 0.328 e. The number of carbonyl (C=O) groups excluding carboxylic acids is 1. The topological polar surface area (TPSA) is 32.3 Å². The lowest BCUT2D eigenvalue weighted by Gasteiger charge is -2.35. The zero-order chi connectivity index (χ0) is 15.1. The number of rotatable bonds is 0. The van der Waals surface area contributed by atoms with Gasteiger partial charge in [0.05, 0.1) is 6.04 Å². The summed E-state index contributed by atoms with van der Waals surface area (Å²) in [6.07, 6.45) is 3.39. The van der Waals surface area contributed by atoms with Crippen LogP contribution in [0.5, 0.6) is 0 Å². The summed E-state index contributed by atoms with van der Waals surface area (Å²) in [6, 6.07) is 0.0703. The Kier molecular flexibility index (Phi) is 4.03. The van der Waals surface area contributed by atoms with Crippen LogP contribution in [0.25, 0.3) is 0 Å². The number of piperidine rings is 1. The summed E-state index contributed by atoms with van der Waals surface area (Å²) in [5.74, 6) is 0.203. The Bertz CT molecular complexity index is 423. The molecule has 0 aromatic carbocycles. The molecule has 2 aliphatic heterocycles. The third kappa shape index (κ3) is 3.08. The third-order valence-electron chi connectivity index (χ3n) is 4.48. The number of allylic oxidation sites excluding steroid dienone is 1. The van der Waals surface area contributed by atoms with Crippen molar-refractivity contribution in [2.24, 2.45) is 10.8 Å². The normalized spacial score (nSPS) is 26.1. The van der Waals surface area contributed by atoms with Crippen LogP contribution in [0.1, 0.15) is 60.8 Å². The summed E-state index contributed by atoms with van der Waals surface area (Å²) in [5, 5.41) is 3.27. The molecule has 0 bridgehead atoms. The van der Waals surface area contributed by atoms with Crippen LogP contribution >= 0.6 is 0 Å². The van der Waals surface area contributed by atoms with Gasteiger partial charge in [-0.1, -0.05) is 48.0 Å². The monoisotopic (exact) mass is 278 g/mol. The standard InChI is InChI=1S/C17H30N2O/c1-16(2,3)12-11-19-10-8-7-9-13(19)15(20)18-14(12)17(4,5)6/h13H,7-11H2,1-6H3,(H,18,20)/t13-/m1/s1. The molecule has 0 radical (unpaired) electrons. The second kappa shape index (κ2) is 5.18. The summed E-state index contributed by atoms with van der Waals surface area (Å²) in [4.78, 5) is 15.0. The molecule has 0 aromatic heterocycles. The van der Waals surface area contributed by atoms with Crippen LogP contribution in [0.2, 0.25) is 0 Å². The van der Waals surface area contributed by atoms with Gasteiger partial charge in [-0.25, -0.2) is 0 Å². The lowest BCUT2D eigenvalue weighted by Crippen LogP contribution is -2.48. The number of nitrogens with one attached hydrogen (secondary N) is 1. The van der Waals surface area contributed by atoms with Crippen molar-refractivity contribution >= 4 is 5.91 Å². The minimum atomic E-state index is -0.0209. The van der Waals surface area contributed by atoms with Crippen molar-refractivity contribution < 1.29 is 4.79 Å². The van der Waals surface area contributed by atoms with E-state index in [1.54, 1.807) is 0 Å². The first-order valence-corrected chi connectivity index (χ1v) is 7.90. The molecule has 0 saturated carbocycles. The smallest absolute Gasteiger partial charge is 0.241 e. The van der Waals surface area contributed by atoms with Crippen LogP contribution < -0.4 is 5.32 Å². The highest BCUT2D eigenvalue weighted by Crippen LogP contribution is 2.38. The molecule has 1 amide bonds. The van der Waals surface area contributed by atoms with E-state index in [9.17, 15) is 4.79 Å². The summed E-state index contributed by atoms with van der Waals surface area (Å²) in [5.41, 5.74) is 2.60. The van der Waals surface area contributed by atoms with Crippen LogP contribution in [-0.4, -0.2) is 29.9 Å². The summed E-state index contributed by atoms with van der Waals surface area (Å²) < 4.78 is 0. The van der Waals surface area contributed by atoms with E-state index >= 15 is 0 Å². The van der Waals surface area contributed by atoms with E-state index in [4.69, 9.17) is 0 Å². The zero-order valence-electron chi connectivity index (χ0n) is 14.0. The van der Waals surface area contributed by atoms with E-state index in [0.29, 0.717) is 0 Å². The van der Waals surface area contributed by atoms with Gasteiger partial charge in [-0.2, -0.15) is 0 Å². The average Bonchev–Trinajstić information content (AvgIpc) is 2.46. The lowest BCUT2D eigenvalue weighted by molar-refractivity contribution is -0.126. The van der Waals surface area contributed by atoms with Gasteiger partial charge < -0.3 is 5.32 Å². The second-order valence-corrected chi connectivity index (χ2v) is 8.32. The fourth-order valence-corrected chi connectivity index (χ4v) is 3.29. The first-order valence-electron chi connectivity index (χ1n) is 7.90. The van der Waals surface area contributed by atoms with Crippen molar-refractivity contribution in [3.63, 3.8) is 0 Å². The maximum Gasteiger partial charge on any atom is 0.241 e. The van der Waals surface area contributed by atoms with Crippen molar-refractivity contribution in [3.8, 4) is 0 Å². The maximum atomic E-state index is 12.6. The molecular formula is C17H30N2O. The first-order chi connectivity index (χ1) is 9.10. The Morgan fingerprint density at radius 2 is 1.70 bits per heavy atom. The molecule has 1 N–H and O–H groups in total. The van der Waals surface area contributed by atoms with Gasteiger partial charge in [0, 0.05) is 17.7 Å². The highest BCUT2D eigenvalue weighted by atomic mass is 16.2. The second-order valence-electron chi connectivity index (χ2n) is 8.32. The van der Waals surface area contributed by atoms with E-state index in [1.807, 2.05) is 0 Å². The molecule has 2 heterocycles. The van der Waals surface area contributed by atoms with Gasteiger partial charge in [0.15, 0.2) is 0 Å². The van der Waals surface area contributed by atoms with Gasteiger partial charge in [-0.3, -0.25) is 9.69 Å². The molecule has 3 heteroatoms. The van der Waals surface area contributed by atoms with Crippen LogP contribution in [0.3, 0.4) is 0 Å². The van der Waals surface area contributed by atoms with Crippen LogP contribution in [0.4, 0.5) is 0 Å². The predicted octanol–water partition coefficient (Wildman–Crippen LogP) is 3.32. The average molecular weight is 278 g/mol. The van der Waals surface area contributed by atoms with Crippen LogP contribution in [0.15, 0.2) is 11.3 Å². The molecule has 2 aliphatic rings. The van der Waals surface area contributed by atoms with Crippen LogP contribution in [0, 0.1) is 10.8 Å². The molecule has 20 heavy (non-hydrogen) atoms. The highest BCUT2D eigenvalue weighted by molar-refractivity contribution is 5.84. The summed E-state index contributed by atoms with van der Waals surface area (Å²) in [7, 11) is 0. The summed E-state index contributed by atoms with van der Waals surface area (Å²) in [6.45, 7) is 15.3. The maximum absolute atomic E-state index is 12.6. The van der Waals surface area contributed by atoms with E-state index in [1.165, 1.54) is 18.4 Å². The quantitative estimate of drug-likeness (QED) is 0.737. The minimum absolute atomic E-state index is 0.0209. The Morgan fingerprint density at radius 3 is 2.25 bits per heavy atom. The number of hydrogen-bond acceptors (Lipinski definition) is 2. The number of amides is 1. The Hall–Kier alpha value is -0.830. The predicted molar refractivity (Wildman–Crippen MR) is 83.3 cm³/mol. The fraction of sp³-hybridized carbons (Fsp3) is 0.824. The van der Waals surface area contributed by atoms with Gasteiger partial charge in [0.2, 0.25) is 5.91 Å². The van der Waals surface area contributed by atoms with Crippen molar-refractivity contribution in [2.45, 2.75) is 66.8 Å². The molecule has 0 aromatic rings. The molecular weight excluding hydrogens is 248 g/mol. The van der Waals surface area contributed by atoms with E-state index in [2.05, 4.69) is 51.8 Å². The molecule has 3 nitrogen and oxygen atoms in total. The van der Waals surface area contributed by atoms with Crippen molar-refractivity contribution in [3.05, 3.63) is 11.3 Å². The number of carbonyl (C=O) groups is 1. The molecule has 114 valence electrons. The van der Waals surface area contributed by atoms with Crippen molar-refractivity contribution in [1.82, 2.24) is 10.2 Å². The molecule has 1 saturated heterocycles. The molecule has 0 unspecified atom stereocenters. The number of fused-ring (bicyclic) bond motifs is 1. The van der Waals surface area contributed by atoms with E-state index in [0.717, 1.165) is 25.2 Å². The molecule has 1 atom stereocenters. The Labute approximate surface area is 123 Å². The van der Waals surface area contributed by atoms with E-state index < -0.39 is 0 Å². The number of hydrogen-bond donors (Lipinski definition) is 1. The SMILES string of the molecule is CC(C)(C)C1=C(C(C)(C)C)NC(=O)[C@H]2CCCCN2C1. The highest BCUT2D eigenvalue weighted by Gasteiger charge is 2.38. The summed E-state index contributed by atoms with van der Waals surface area (Å²) >= 11 is 0. The number of nitrogens with zero attached hydrogens (tertiary/aromatic N) is 1. The lowest BCUT2D eigenvalue weighted by atomic mass is 9.78. The molecule has 2 rings (SSSR count). The van der Waals surface area contributed by atoms with Crippen LogP contribution in [-0.2, 0) is 4.79 Å². The van der Waals surface area contributed by atoms with Crippen molar-refractivity contribution in [1.29, 1.82) is 0 Å². The van der Waals surface area contributed by atoms with Gasteiger partial charge in [0.25, 0.3) is 0 Å². The fourth-order valence-electron chi connectivity index (χ4n) is 3.29. The van der Waals surface area contributed by atoms with Gasteiger partial charge >= 0.3 is 0 Å². The molecule has 1 fully saturated rings. The third-order valence-corrected chi connectivity index (χ3v) is 4.48. The molecule has 0 aliphatic carbocycles. The first kappa shape index (κ1) is 15.6. The van der Waals surface area contributed by atoms with Crippen molar-refractivity contribution in [2.75, 3.05) is 13.1 Å². The van der Waals surface area contributed by atoms with Gasteiger partial charge in [-0.15, -0.1) is 0 Å². The molecule has 0 spiro atoms. The Balaban J connectivity index is 2.46. The Morgan fingerprint density at radius 1 is 1.05 bits per heavy atom.